The number of pyridine rings is 1. The molecule has 0 bridgehead atoms. The summed E-state index contributed by atoms with van der Waals surface area (Å²) in [4.78, 5) is 4.73. The molecular formula is C22H21FN2. The lowest BCUT2D eigenvalue weighted by Crippen LogP contribution is -2.23. The first-order valence-electron chi connectivity index (χ1n) is 8.84. The van der Waals surface area contributed by atoms with Gasteiger partial charge in [0, 0.05) is 29.4 Å². The Hall–Kier alpha value is -2.68. The Morgan fingerprint density at radius 3 is 2.64 bits per heavy atom. The van der Waals surface area contributed by atoms with E-state index < -0.39 is 0 Å². The van der Waals surface area contributed by atoms with Crippen molar-refractivity contribution in [3.63, 3.8) is 0 Å². The highest BCUT2D eigenvalue weighted by molar-refractivity contribution is 5.66. The molecule has 1 saturated carbocycles. The molecular weight excluding hydrogens is 311 g/mol. The lowest BCUT2D eigenvalue weighted by molar-refractivity contribution is 0.621. The zero-order chi connectivity index (χ0) is 17.1. The van der Waals surface area contributed by atoms with Gasteiger partial charge in [-0.15, -0.1) is 0 Å². The Morgan fingerprint density at radius 1 is 0.920 bits per heavy atom. The second-order valence-electron chi connectivity index (χ2n) is 6.60. The van der Waals surface area contributed by atoms with E-state index in [1.807, 2.05) is 24.4 Å². The van der Waals surface area contributed by atoms with E-state index in [-0.39, 0.29) is 11.9 Å². The number of hydrogen-bond donors (Lipinski definition) is 1. The Balaban J connectivity index is 1.65. The number of rotatable bonds is 4. The van der Waals surface area contributed by atoms with Gasteiger partial charge in [-0.05, 0) is 42.7 Å². The monoisotopic (exact) mass is 332 g/mol. The standard InChI is InChI=1S/C22H21FN2/c23-17-9-4-10-18(15-17)25-21-13-5-11-20(21)22-19(12-6-14-24-22)16-7-2-1-3-8-16/h1-4,6-10,12,14-15,20-21,25H,5,11,13H2/t20-,21+/m0/s1. The van der Waals surface area contributed by atoms with E-state index in [4.69, 9.17) is 4.98 Å². The van der Waals surface area contributed by atoms with Crippen LogP contribution in [0.5, 0.6) is 0 Å². The molecule has 0 amide bonds. The van der Waals surface area contributed by atoms with E-state index in [1.54, 1.807) is 12.1 Å². The van der Waals surface area contributed by atoms with Crippen molar-refractivity contribution in [2.24, 2.45) is 0 Å². The van der Waals surface area contributed by atoms with Crippen molar-refractivity contribution in [3.05, 3.63) is 84.4 Å². The van der Waals surface area contributed by atoms with Crippen molar-refractivity contribution in [1.82, 2.24) is 4.98 Å². The molecule has 0 unspecified atom stereocenters. The number of hydrogen-bond acceptors (Lipinski definition) is 2. The number of anilines is 1. The van der Waals surface area contributed by atoms with Gasteiger partial charge in [0.2, 0.25) is 0 Å². The minimum atomic E-state index is -0.206. The largest absolute Gasteiger partial charge is 0.382 e. The molecule has 4 rings (SSSR count). The highest BCUT2D eigenvalue weighted by atomic mass is 19.1. The van der Waals surface area contributed by atoms with Crippen LogP contribution in [0.1, 0.15) is 30.9 Å². The average Bonchev–Trinajstić information content (AvgIpc) is 3.10. The number of aromatic nitrogens is 1. The zero-order valence-corrected chi connectivity index (χ0v) is 14.0. The third kappa shape index (κ3) is 3.41. The van der Waals surface area contributed by atoms with Crippen LogP contribution in [0.25, 0.3) is 11.1 Å². The van der Waals surface area contributed by atoms with Crippen LogP contribution in [0.3, 0.4) is 0 Å². The quantitative estimate of drug-likeness (QED) is 0.669. The molecule has 25 heavy (non-hydrogen) atoms. The molecule has 0 radical (unpaired) electrons. The van der Waals surface area contributed by atoms with Gasteiger partial charge < -0.3 is 5.32 Å². The number of nitrogens with zero attached hydrogens (tertiary/aromatic N) is 1. The van der Waals surface area contributed by atoms with Gasteiger partial charge >= 0.3 is 0 Å². The molecule has 2 atom stereocenters. The normalized spacial score (nSPS) is 19.7. The van der Waals surface area contributed by atoms with Gasteiger partial charge in [0.15, 0.2) is 0 Å². The van der Waals surface area contributed by atoms with Crippen molar-refractivity contribution in [1.29, 1.82) is 0 Å². The summed E-state index contributed by atoms with van der Waals surface area (Å²) in [6.45, 7) is 0. The van der Waals surface area contributed by atoms with Gasteiger partial charge in [0.05, 0.1) is 5.69 Å². The van der Waals surface area contributed by atoms with Crippen LogP contribution in [-0.4, -0.2) is 11.0 Å². The third-order valence-corrected chi connectivity index (χ3v) is 4.97. The maximum absolute atomic E-state index is 13.5. The molecule has 1 aliphatic rings. The summed E-state index contributed by atoms with van der Waals surface area (Å²) in [5.41, 5.74) is 4.37. The van der Waals surface area contributed by atoms with E-state index in [0.29, 0.717) is 5.92 Å². The van der Waals surface area contributed by atoms with E-state index in [9.17, 15) is 4.39 Å². The smallest absolute Gasteiger partial charge is 0.125 e. The second-order valence-corrected chi connectivity index (χ2v) is 6.60. The molecule has 126 valence electrons. The first kappa shape index (κ1) is 15.8. The van der Waals surface area contributed by atoms with Crippen LogP contribution in [0.2, 0.25) is 0 Å². The van der Waals surface area contributed by atoms with Crippen molar-refractivity contribution in [3.8, 4) is 11.1 Å². The van der Waals surface area contributed by atoms with E-state index in [0.717, 1.165) is 30.6 Å². The molecule has 0 spiro atoms. The minimum Gasteiger partial charge on any atom is -0.382 e. The molecule has 0 saturated heterocycles. The van der Waals surface area contributed by atoms with Gasteiger partial charge in [0.25, 0.3) is 0 Å². The summed E-state index contributed by atoms with van der Waals surface area (Å²) in [5.74, 6) is 0.127. The van der Waals surface area contributed by atoms with Crippen molar-refractivity contribution >= 4 is 5.69 Å². The van der Waals surface area contributed by atoms with Gasteiger partial charge in [-0.1, -0.05) is 48.9 Å². The second kappa shape index (κ2) is 7.06. The Bertz CT molecular complexity index is 847. The SMILES string of the molecule is Fc1cccc(N[C@@H]2CCC[C@@H]2c2ncccc2-c2ccccc2)c1. The Kier molecular flexibility index (Phi) is 4.47. The van der Waals surface area contributed by atoms with Crippen LogP contribution < -0.4 is 5.32 Å². The Morgan fingerprint density at radius 2 is 1.80 bits per heavy atom. The molecule has 0 aliphatic heterocycles. The average molecular weight is 332 g/mol. The summed E-state index contributed by atoms with van der Waals surface area (Å²) in [5, 5.41) is 3.53. The summed E-state index contributed by atoms with van der Waals surface area (Å²) in [6, 6.07) is 21.5. The minimum absolute atomic E-state index is 0.206. The molecule has 1 aliphatic carbocycles. The third-order valence-electron chi connectivity index (χ3n) is 4.97. The maximum atomic E-state index is 13.5. The summed E-state index contributed by atoms with van der Waals surface area (Å²) >= 11 is 0. The van der Waals surface area contributed by atoms with Crippen LogP contribution in [0.4, 0.5) is 10.1 Å². The predicted molar refractivity (Wildman–Crippen MR) is 100 cm³/mol. The van der Waals surface area contributed by atoms with Gasteiger partial charge in [-0.2, -0.15) is 0 Å². The fourth-order valence-electron chi connectivity index (χ4n) is 3.83. The van der Waals surface area contributed by atoms with Crippen LogP contribution in [-0.2, 0) is 0 Å². The Labute approximate surface area is 147 Å². The van der Waals surface area contributed by atoms with Gasteiger partial charge in [-0.3, -0.25) is 4.98 Å². The molecule has 1 N–H and O–H groups in total. The van der Waals surface area contributed by atoms with Crippen LogP contribution >= 0.6 is 0 Å². The zero-order valence-electron chi connectivity index (χ0n) is 14.0. The summed E-state index contributed by atoms with van der Waals surface area (Å²) < 4.78 is 13.5. The molecule has 1 aromatic heterocycles. The molecule has 3 aromatic rings. The molecule has 2 nitrogen and oxygen atoms in total. The number of benzene rings is 2. The first-order valence-corrected chi connectivity index (χ1v) is 8.84. The van der Waals surface area contributed by atoms with E-state index >= 15 is 0 Å². The maximum Gasteiger partial charge on any atom is 0.125 e. The number of nitrogens with one attached hydrogen (secondary N) is 1. The highest BCUT2D eigenvalue weighted by Crippen LogP contribution is 2.39. The lowest BCUT2D eigenvalue weighted by Gasteiger charge is -2.24. The first-order chi connectivity index (χ1) is 12.3. The van der Waals surface area contributed by atoms with Crippen LogP contribution in [0, 0.1) is 5.82 Å². The summed E-state index contributed by atoms with van der Waals surface area (Å²) in [7, 11) is 0. The fourth-order valence-corrected chi connectivity index (χ4v) is 3.83. The molecule has 1 fully saturated rings. The van der Waals surface area contributed by atoms with E-state index in [2.05, 4.69) is 35.6 Å². The molecule has 2 aromatic carbocycles. The topological polar surface area (TPSA) is 24.9 Å². The lowest BCUT2D eigenvalue weighted by atomic mass is 9.91. The van der Waals surface area contributed by atoms with Crippen molar-refractivity contribution in [2.45, 2.75) is 31.2 Å². The van der Waals surface area contributed by atoms with Crippen molar-refractivity contribution in [2.75, 3.05) is 5.32 Å². The van der Waals surface area contributed by atoms with Crippen molar-refractivity contribution < 1.29 is 4.39 Å². The fraction of sp³-hybridized carbons (Fsp3) is 0.227. The van der Waals surface area contributed by atoms with Crippen LogP contribution in [0.15, 0.2) is 72.9 Å². The van der Waals surface area contributed by atoms with Gasteiger partial charge in [0.1, 0.15) is 5.82 Å². The highest BCUT2D eigenvalue weighted by Gasteiger charge is 2.31. The molecule has 3 heteroatoms. The molecule has 1 heterocycles. The van der Waals surface area contributed by atoms with E-state index in [1.165, 1.54) is 17.2 Å². The number of halogens is 1. The summed E-state index contributed by atoms with van der Waals surface area (Å²) in [6.07, 6.45) is 5.21. The predicted octanol–water partition coefficient (Wildman–Crippen LogP) is 5.64. The van der Waals surface area contributed by atoms with Gasteiger partial charge in [-0.25, -0.2) is 4.39 Å².